The van der Waals surface area contributed by atoms with Crippen LogP contribution in [-0.4, -0.2) is 27.3 Å². The minimum absolute atomic E-state index is 0.0855. The molecule has 0 heterocycles. The Kier molecular flexibility index (Phi) is 5.65. The quantitative estimate of drug-likeness (QED) is 0.877. The molecule has 2 N–H and O–H groups in total. The molecule has 118 valence electrons. The van der Waals surface area contributed by atoms with Gasteiger partial charge in [-0.3, -0.25) is 0 Å². The Balaban J connectivity index is 2.10. The second-order valence-corrected chi connectivity index (χ2v) is 7.95. The molecule has 0 aliphatic heterocycles. The predicted molar refractivity (Wildman–Crippen MR) is 84.2 cm³/mol. The number of sulfone groups is 1. The molecule has 5 heteroatoms. The molecule has 1 saturated carbocycles. The van der Waals surface area contributed by atoms with Gasteiger partial charge >= 0.3 is 0 Å². The van der Waals surface area contributed by atoms with Crippen molar-refractivity contribution >= 4 is 9.84 Å². The molecule has 21 heavy (non-hydrogen) atoms. The van der Waals surface area contributed by atoms with E-state index in [1.54, 1.807) is 25.1 Å². The normalized spacial score (nSPS) is 23.0. The molecule has 2 unspecified atom stereocenters. The van der Waals surface area contributed by atoms with Gasteiger partial charge in [0.2, 0.25) is 0 Å². The highest BCUT2D eigenvalue weighted by Gasteiger charge is 2.25. The van der Waals surface area contributed by atoms with E-state index in [1.807, 2.05) is 6.07 Å². The van der Waals surface area contributed by atoms with Gasteiger partial charge in [-0.1, -0.05) is 31.9 Å². The van der Waals surface area contributed by atoms with E-state index in [9.17, 15) is 8.42 Å². The fourth-order valence-corrected chi connectivity index (χ4v) is 4.02. The summed E-state index contributed by atoms with van der Waals surface area (Å²) in [7, 11) is -3.25. The third-order valence-electron chi connectivity index (χ3n) is 4.39. The number of rotatable bonds is 6. The first kappa shape index (κ1) is 16.3. The monoisotopic (exact) mass is 311 g/mol. The highest BCUT2D eigenvalue weighted by molar-refractivity contribution is 7.91. The Morgan fingerprint density at radius 1 is 1.19 bits per heavy atom. The molecule has 1 aliphatic carbocycles. The van der Waals surface area contributed by atoms with Gasteiger partial charge in [0.15, 0.2) is 9.84 Å². The molecule has 0 aromatic heterocycles. The zero-order valence-electron chi connectivity index (χ0n) is 12.6. The van der Waals surface area contributed by atoms with Crippen molar-refractivity contribution in [3.05, 3.63) is 24.3 Å². The lowest BCUT2D eigenvalue weighted by Gasteiger charge is -2.30. The van der Waals surface area contributed by atoms with Crippen LogP contribution in [0.2, 0.25) is 0 Å². The van der Waals surface area contributed by atoms with Crippen molar-refractivity contribution in [3.63, 3.8) is 0 Å². The lowest BCUT2D eigenvalue weighted by atomic mass is 9.80. The molecule has 0 amide bonds. The average molecular weight is 311 g/mol. The highest BCUT2D eigenvalue weighted by Crippen LogP contribution is 2.31. The van der Waals surface area contributed by atoms with E-state index in [4.69, 9.17) is 10.5 Å². The van der Waals surface area contributed by atoms with Crippen LogP contribution in [0.3, 0.4) is 0 Å². The van der Waals surface area contributed by atoms with Crippen LogP contribution in [0.25, 0.3) is 0 Å². The van der Waals surface area contributed by atoms with E-state index < -0.39 is 9.84 Å². The Morgan fingerprint density at radius 2 is 1.86 bits per heavy atom. The zero-order valence-corrected chi connectivity index (χ0v) is 13.4. The number of para-hydroxylation sites is 1. The van der Waals surface area contributed by atoms with Gasteiger partial charge < -0.3 is 10.5 Å². The van der Waals surface area contributed by atoms with Gasteiger partial charge in [-0.2, -0.15) is 0 Å². The van der Waals surface area contributed by atoms with Gasteiger partial charge in [0, 0.05) is 0 Å². The first-order valence-electron chi connectivity index (χ1n) is 7.73. The third-order valence-corrected chi connectivity index (χ3v) is 6.15. The molecule has 1 aromatic rings. The maximum Gasteiger partial charge on any atom is 0.181 e. The van der Waals surface area contributed by atoms with Crippen molar-refractivity contribution in [2.24, 2.45) is 17.6 Å². The number of nitrogens with two attached hydrogens (primary N) is 1. The van der Waals surface area contributed by atoms with Gasteiger partial charge in [0.25, 0.3) is 0 Å². The van der Waals surface area contributed by atoms with Gasteiger partial charge in [-0.25, -0.2) is 8.42 Å². The van der Waals surface area contributed by atoms with Gasteiger partial charge in [-0.05, 0) is 43.4 Å². The highest BCUT2D eigenvalue weighted by atomic mass is 32.2. The first-order chi connectivity index (χ1) is 10.1. The SMILES string of the molecule is CCS(=O)(=O)c1ccccc1OCC1CCCCC1CN. The molecule has 0 bridgehead atoms. The van der Waals surface area contributed by atoms with Crippen LogP contribution in [0.1, 0.15) is 32.6 Å². The second kappa shape index (κ2) is 7.27. The number of hydrogen-bond donors (Lipinski definition) is 1. The molecule has 0 spiro atoms. The molecule has 4 nitrogen and oxygen atoms in total. The van der Waals surface area contributed by atoms with Crippen molar-refractivity contribution < 1.29 is 13.2 Å². The maximum atomic E-state index is 12.1. The van der Waals surface area contributed by atoms with Crippen LogP contribution in [0.5, 0.6) is 5.75 Å². The van der Waals surface area contributed by atoms with E-state index in [0.717, 1.165) is 12.8 Å². The standard InChI is InChI=1S/C16H25NO3S/c1-2-21(18,19)16-10-6-5-9-15(16)20-12-14-8-4-3-7-13(14)11-17/h5-6,9-10,13-14H,2-4,7-8,11-12,17H2,1H3. The Bertz CT molecular complexity index is 556. The second-order valence-electron chi connectivity index (χ2n) is 5.70. The summed E-state index contributed by atoms with van der Waals surface area (Å²) >= 11 is 0. The van der Waals surface area contributed by atoms with Crippen molar-refractivity contribution in [3.8, 4) is 5.75 Å². The van der Waals surface area contributed by atoms with E-state index in [0.29, 0.717) is 35.6 Å². The Morgan fingerprint density at radius 3 is 2.52 bits per heavy atom. The van der Waals surface area contributed by atoms with E-state index in [-0.39, 0.29) is 5.75 Å². The molecule has 0 saturated heterocycles. The van der Waals surface area contributed by atoms with Crippen molar-refractivity contribution in [2.75, 3.05) is 18.9 Å². The van der Waals surface area contributed by atoms with Gasteiger partial charge in [-0.15, -0.1) is 0 Å². The summed E-state index contributed by atoms with van der Waals surface area (Å²) in [5.41, 5.74) is 5.83. The summed E-state index contributed by atoms with van der Waals surface area (Å²) in [6, 6.07) is 6.91. The summed E-state index contributed by atoms with van der Waals surface area (Å²) in [6.45, 7) is 2.89. The molecule has 1 fully saturated rings. The summed E-state index contributed by atoms with van der Waals surface area (Å²) in [4.78, 5) is 0.299. The fourth-order valence-electron chi connectivity index (χ4n) is 2.99. The lowest BCUT2D eigenvalue weighted by molar-refractivity contribution is 0.151. The minimum atomic E-state index is -3.25. The Labute approximate surface area is 127 Å². The fraction of sp³-hybridized carbons (Fsp3) is 0.625. The van der Waals surface area contributed by atoms with Crippen LogP contribution >= 0.6 is 0 Å². The van der Waals surface area contributed by atoms with Crippen LogP contribution in [0.4, 0.5) is 0 Å². The van der Waals surface area contributed by atoms with E-state index in [1.165, 1.54) is 12.8 Å². The van der Waals surface area contributed by atoms with Crippen molar-refractivity contribution in [1.82, 2.24) is 0 Å². The molecule has 2 rings (SSSR count). The number of benzene rings is 1. The number of hydrogen-bond acceptors (Lipinski definition) is 4. The number of ether oxygens (including phenoxy) is 1. The van der Waals surface area contributed by atoms with Crippen LogP contribution < -0.4 is 10.5 Å². The predicted octanol–water partition coefficient (Wildman–Crippen LogP) is 2.62. The smallest absolute Gasteiger partial charge is 0.181 e. The summed E-state index contributed by atoms with van der Waals surface area (Å²) in [5, 5.41) is 0. The summed E-state index contributed by atoms with van der Waals surface area (Å²) < 4.78 is 30.0. The first-order valence-corrected chi connectivity index (χ1v) is 9.38. The summed E-state index contributed by atoms with van der Waals surface area (Å²) in [5.74, 6) is 1.48. The molecular formula is C16H25NO3S. The van der Waals surface area contributed by atoms with Crippen molar-refractivity contribution in [1.29, 1.82) is 0 Å². The molecule has 1 aliphatic rings. The summed E-state index contributed by atoms with van der Waals surface area (Å²) in [6.07, 6.45) is 4.71. The molecular weight excluding hydrogens is 286 g/mol. The topological polar surface area (TPSA) is 69.4 Å². The van der Waals surface area contributed by atoms with Gasteiger partial charge in [0.1, 0.15) is 10.6 Å². The van der Waals surface area contributed by atoms with Crippen LogP contribution in [-0.2, 0) is 9.84 Å². The maximum absolute atomic E-state index is 12.1. The molecule has 1 aromatic carbocycles. The van der Waals surface area contributed by atoms with Crippen LogP contribution in [0, 0.1) is 11.8 Å². The largest absolute Gasteiger partial charge is 0.492 e. The zero-order chi connectivity index (χ0) is 15.3. The van der Waals surface area contributed by atoms with E-state index in [2.05, 4.69) is 0 Å². The minimum Gasteiger partial charge on any atom is -0.492 e. The van der Waals surface area contributed by atoms with E-state index >= 15 is 0 Å². The average Bonchev–Trinajstić information content (AvgIpc) is 2.53. The molecule has 2 atom stereocenters. The third kappa shape index (κ3) is 3.98. The lowest BCUT2D eigenvalue weighted by Crippen LogP contribution is -2.30. The van der Waals surface area contributed by atoms with Crippen LogP contribution in [0.15, 0.2) is 29.2 Å². The van der Waals surface area contributed by atoms with Gasteiger partial charge in [0.05, 0.1) is 12.4 Å². The Hall–Kier alpha value is -1.07. The van der Waals surface area contributed by atoms with Crippen molar-refractivity contribution in [2.45, 2.75) is 37.5 Å². The molecule has 0 radical (unpaired) electrons.